The highest BCUT2D eigenvalue weighted by Crippen LogP contribution is 2.36. The van der Waals surface area contributed by atoms with Crippen molar-refractivity contribution in [3.63, 3.8) is 0 Å². The fraction of sp³-hybridized carbons (Fsp3) is 0.727. The van der Waals surface area contributed by atoms with E-state index in [4.69, 9.17) is 9.47 Å². The highest BCUT2D eigenvalue weighted by Gasteiger charge is 2.46. The van der Waals surface area contributed by atoms with E-state index >= 15 is 0 Å². The van der Waals surface area contributed by atoms with Crippen LogP contribution < -0.4 is 20.1 Å². The van der Waals surface area contributed by atoms with Crippen molar-refractivity contribution in [1.82, 2.24) is 10.6 Å². The van der Waals surface area contributed by atoms with Gasteiger partial charge in [-0.2, -0.15) is 0 Å². The van der Waals surface area contributed by atoms with Crippen molar-refractivity contribution in [3.05, 3.63) is 24.3 Å². The van der Waals surface area contributed by atoms with E-state index in [-0.39, 0.29) is 34.4 Å². The second kappa shape index (κ2) is 6.13. The lowest BCUT2D eigenvalue weighted by Crippen LogP contribution is -2.48. The molecule has 0 amide bonds. The van der Waals surface area contributed by atoms with Crippen LogP contribution in [0, 0.1) is 0 Å². The van der Waals surface area contributed by atoms with Gasteiger partial charge in [-0.25, -0.2) is 0 Å². The predicted molar refractivity (Wildman–Crippen MR) is 107 cm³/mol. The Labute approximate surface area is 159 Å². The molecule has 1 aromatic carbocycles. The van der Waals surface area contributed by atoms with Gasteiger partial charge >= 0.3 is 0 Å². The topological polar surface area (TPSA) is 42.5 Å². The Balaban J connectivity index is 1.64. The van der Waals surface area contributed by atoms with Gasteiger partial charge in [-0.3, -0.25) is 0 Å². The fourth-order valence-electron chi connectivity index (χ4n) is 4.75. The number of ether oxygens (including phenoxy) is 2. The lowest BCUT2D eigenvalue weighted by molar-refractivity contribution is 0.138. The highest BCUT2D eigenvalue weighted by molar-refractivity contribution is 5.32. The van der Waals surface area contributed by atoms with E-state index in [0.717, 1.165) is 24.3 Å². The van der Waals surface area contributed by atoms with E-state index in [9.17, 15) is 0 Å². The van der Waals surface area contributed by atoms with Crippen LogP contribution in [0.15, 0.2) is 24.3 Å². The zero-order valence-electron chi connectivity index (χ0n) is 17.7. The first-order valence-corrected chi connectivity index (χ1v) is 9.80. The Bertz CT molecular complexity index is 590. The van der Waals surface area contributed by atoms with Crippen molar-refractivity contribution in [2.75, 3.05) is 0 Å². The second-order valence-corrected chi connectivity index (χ2v) is 10.6. The smallest absolute Gasteiger partial charge is 0.120 e. The quantitative estimate of drug-likeness (QED) is 0.841. The van der Waals surface area contributed by atoms with Crippen LogP contribution >= 0.6 is 0 Å². The molecule has 0 aromatic heterocycles. The summed E-state index contributed by atoms with van der Waals surface area (Å²) >= 11 is 0. The molecular formula is C22H36N2O2. The average Bonchev–Trinajstić information content (AvgIpc) is 2.78. The Hall–Kier alpha value is -1.26. The number of hydrogen-bond donors (Lipinski definition) is 2. The molecule has 26 heavy (non-hydrogen) atoms. The van der Waals surface area contributed by atoms with E-state index in [1.807, 2.05) is 24.3 Å². The van der Waals surface area contributed by atoms with Crippen LogP contribution in [0.3, 0.4) is 0 Å². The predicted octanol–water partition coefficient (Wildman–Crippen LogP) is 4.28. The van der Waals surface area contributed by atoms with Gasteiger partial charge in [0.05, 0.1) is 11.1 Å². The Morgan fingerprint density at radius 3 is 1.19 bits per heavy atom. The lowest BCUT2D eigenvalue weighted by Gasteiger charge is -2.29. The first kappa shape index (κ1) is 19.5. The summed E-state index contributed by atoms with van der Waals surface area (Å²) in [4.78, 5) is 0. The minimum absolute atomic E-state index is 0.0379. The summed E-state index contributed by atoms with van der Waals surface area (Å²) in [6.45, 7) is 17.8. The van der Waals surface area contributed by atoms with Crippen LogP contribution in [0.25, 0.3) is 0 Å². The molecule has 2 fully saturated rings. The molecule has 0 radical (unpaired) electrons. The van der Waals surface area contributed by atoms with Gasteiger partial charge in [0, 0.05) is 23.9 Å². The third-order valence-electron chi connectivity index (χ3n) is 5.70. The SMILES string of the molecule is CC1(C)CC(Oc2ccc(OC3CC(C)(C)NC3(C)C)cc2)C(C)(C)N1. The highest BCUT2D eigenvalue weighted by atomic mass is 16.5. The Morgan fingerprint density at radius 1 is 0.654 bits per heavy atom. The Kier molecular flexibility index (Phi) is 4.60. The molecule has 2 aliphatic rings. The van der Waals surface area contributed by atoms with Gasteiger partial charge in [0.15, 0.2) is 0 Å². The van der Waals surface area contributed by atoms with Gasteiger partial charge < -0.3 is 20.1 Å². The maximum atomic E-state index is 6.29. The second-order valence-electron chi connectivity index (χ2n) is 10.6. The van der Waals surface area contributed by atoms with Crippen LogP contribution in [0.2, 0.25) is 0 Å². The summed E-state index contributed by atoms with van der Waals surface area (Å²) in [5.41, 5.74) is 0.129. The van der Waals surface area contributed by atoms with Gasteiger partial charge in [0.25, 0.3) is 0 Å². The molecule has 2 saturated heterocycles. The third kappa shape index (κ3) is 4.17. The molecule has 2 aliphatic heterocycles. The van der Waals surface area contributed by atoms with Crippen LogP contribution in [-0.4, -0.2) is 34.4 Å². The molecule has 146 valence electrons. The van der Waals surface area contributed by atoms with E-state index in [1.54, 1.807) is 0 Å². The summed E-state index contributed by atoms with van der Waals surface area (Å²) in [6.07, 6.45) is 2.30. The maximum Gasteiger partial charge on any atom is 0.120 e. The van der Waals surface area contributed by atoms with Crippen LogP contribution in [-0.2, 0) is 0 Å². The third-order valence-corrected chi connectivity index (χ3v) is 5.70. The first-order valence-electron chi connectivity index (χ1n) is 9.80. The summed E-state index contributed by atoms with van der Waals surface area (Å²) < 4.78 is 12.6. The lowest BCUT2D eigenvalue weighted by atomic mass is 9.97. The summed E-state index contributed by atoms with van der Waals surface area (Å²) in [7, 11) is 0. The molecule has 1 aromatic rings. The largest absolute Gasteiger partial charge is 0.488 e. The van der Waals surface area contributed by atoms with Crippen LogP contribution in [0.1, 0.15) is 68.2 Å². The number of hydrogen-bond acceptors (Lipinski definition) is 4. The summed E-state index contributed by atoms with van der Waals surface area (Å²) in [5.74, 6) is 1.80. The maximum absolute atomic E-state index is 6.29. The van der Waals surface area contributed by atoms with Crippen molar-refractivity contribution in [3.8, 4) is 11.5 Å². The standard InChI is InChI=1S/C22H36N2O2/c1-19(2)13-17(21(5,6)23-19)25-15-9-11-16(12-10-15)26-18-14-20(3,4)24-22(18,7)8/h9-12,17-18,23-24H,13-14H2,1-8H3. The minimum atomic E-state index is -0.0379. The van der Waals surface area contributed by atoms with Crippen LogP contribution in [0.5, 0.6) is 11.5 Å². The molecule has 2 N–H and O–H groups in total. The van der Waals surface area contributed by atoms with Gasteiger partial charge in [-0.1, -0.05) is 0 Å². The van der Waals surface area contributed by atoms with Crippen molar-refractivity contribution in [2.45, 2.75) is 103 Å². The first-order chi connectivity index (χ1) is 11.8. The molecule has 4 nitrogen and oxygen atoms in total. The number of rotatable bonds is 4. The van der Waals surface area contributed by atoms with Crippen molar-refractivity contribution < 1.29 is 9.47 Å². The van der Waals surface area contributed by atoms with Crippen LogP contribution in [0.4, 0.5) is 0 Å². The molecule has 4 heteroatoms. The average molecular weight is 361 g/mol. The normalized spacial score (nSPS) is 30.9. The van der Waals surface area contributed by atoms with Gasteiger partial charge in [0.1, 0.15) is 23.7 Å². The molecule has 2 heterocycles. The van der Waals surface area contributed by atoms with Crippen molar-refractivity contribution >= 4 is 0 Å². The monoisotopic (exact) mass is 360 g/mol. The minimum Gasteiger partial charge on any atom is -0.488 e. The summed E-state index contributed by atoms with van der Waals surface area (Å²) in [6, 6.07) is 8.10. The van der Waals surface area contributed by atoms with E-state index in [1.165, 1.54) is 0 Å². The van der Waals surface area contributed by atoms with Crippen molar-refractivity contribution in [1.29, 1.82) is 0 Å². The molecule has 0 spiro atoms. The molecule has 2 unspecified atom stereocenters. The molecule has 0 aliphatic carbocycles. The van der Waals surface area contributed by atoms with E-state index in [2.05, 4.69) is 66.0 Å². The van der Waals surface area contributed by atoms with Gasteiger partial charge in [-0.05, 0) is 79.7 Å². The molecule has 0 saturated carbocycles. The number of benzene rings is 1. The Morgan fingerprint density at radius 2 is 0.962 bits per heavy atom. The molecule has 2 atom stereocenters. The molecular weight excluding hydrogens is 324 g/mol. The zero-order valence-corrected chi connectivity index (χ0v) is 17.7. The molecule has 0 bridgehead atoms. The summed E-state index contributed by atoms with van der Waals surface area (Å²) in [5, 5.41) is 7.32. The van der Waals surface area contributed by atoms with E-state index in [0.29, 0.717) is 0 Å². The molecule has 3 rings (SSSR count). The van der Waals surface area contributed by atoms with E-state index < -0.39 is 0 Å². The van der Waals surface area contributed by atoms with Gasteiger partial charge in [0.2, 0.25) is 0 Å². The zero-order chi connectivity index (χ0) is 19.4. The fourth-order valence-corrected chi connectivity index (χ4v) is 4.75. The van der Waals surface area contributed by atoms with Gasteiger partial charge in [-0.15, -0.1) is 0 Å². The number of nitrogens with one attached hydrogen (secondary N) is 2. The van der Waals surface area contributed by atoms with Crippen molar-refractivity contribution in [2.24, 2.45) is 0 Å².